The smallest absolute Gasteiger partial charge is 0.323 e. The fourth-order valence-electron chi connectivity index (χ4n) is 1.08. The summed E-state index contributed by atoms with van der Waals surface area (Å²) in [7, 11) is 0. The molecule has 1 rings (SSSR count). The third-order valence-electron chi connectivity index (χ3n) is 1.65. The highest BCUT2D eigenvalue weighted by Crippen LogP contribution is 2.11. The molecule has 58 valence electrons. The van der Waals surface area contributed by atoms with Gasteiger partial charge < -0.3 is 10.1 Å². The Kier molecular flexibility index (Phi) is 2.27. The first-order chi connectivity index (χ1) is 4.74. The second-order valence-electron chi connectivity index (χ2n) is 2.61. The molecule has 2 atom stereocenters. The Labute approximate surface area is 60.7 Å². The van der Waals surface area contributed by atoms with Crippen LogP contribution in [0.1, 0.15) is 20.3 Å². The summed E-state index contributed by atoms with van der Waals surface area (Å²) in [5.41, 5.74) is 0. The lowest BCUT2D eigenvalue weighted by atomic mass is 9.99. The monoisotopic (exact) mass is 143 g/mol. The van der Waals surface area contributed by atoms with Crippen molar-refractivity contribution in [3.05, 3.63) is 0 Å². The van der Waals surface area contributed by atoms with Crippen LogP contribution >= 0.6 is 0 Å². The van der Waals surface area contributed by atoms with Crippen LogP contribution in [-0.4, -0.2) is 24.7 Å². The van der Waals surface area contributed by atoms with Crippen LogP contribution in [0.5, 0.6) is 0 Å². The van der Waals surface area contributed by atoms with Crippen molar-refractivity contribution in [1.29, 1.82) is 0 Å². The topological polar surface area (TPSA) is 38.3 Å². The average molecular weight is 143 g/mol. The molecule has 1 N–H and O–H groups in total. The largest absolute Gasteiger partial charge is 0.465 e. The second-order valence-corrected chi connectivity index (χ2v) is 2.61. The first-order valence-corrected chi connectivity index (χ1v) is 3.66. The average Bonchev–Trinajstić information content (AvgIpc) is 1.82. The van der Waals surface area contributed by atoms with Gasteiger partial charge in [-0.05, 0) is 20.3 Å². The van der Waals surface area contributed by atoms with E-state index in [0.29, 0.717) is 12.6 Å². The predicted octanol–water partition coefficient (Wildman–Crippen LogP) is 0.300. The Balaban J connectivity index is 2.18. The Bertz CT molecular complexity index is 130. The molecular weight excluding hydrogens is 130 g/mol. The number of hydrogen-bond donors (Lipinski definition) is 1. The van der Waals surface area contributed by atoms with Gasteiger partial charge in [0.15, 0.2) is 0 Å². The molecule has 1 aliphatic heterocycles. The first-order valence-electron chi connectivity index (χ1n) is 3.66. The number of carbonyl (C=O) groups excluding carboxylic acids is 1. The second kappa shape index (κ2) is 3.01. The molecule has 0 bridgehead atoms. The van der Waals surface area contributed by atoms with Gasteiger partial charge in [-0.1, -0.05) is 0 Å². The van der Waals surface area contributed by atoms with Gasteiger partial charge in [-0.2, -0.15) is 0 Å². The lowest BCUT2D eigenvalue weighted by Gasteiger charge is -2.32. The minimum absolute atomic E-state index is 0.0325. The molecule has 0 aromatic carbocycles. The summed E-state index contributed by atoms with van der Waals surface area (Å²) in [6, 6.07) is 0.448. The van der Waals surface area contributed by atoms with Crippen LogP contribution in [0.4, 0.5) is 0 Å². The fourth-order valence-corrected chi connectivity index (χ4v) is 1.08. The van der Waals surface area contributed by atoms with Gasteiger partial charge in [-0.15, -0.1) is 0 Å². The molecule has 0 aliphatic carbocycles. The van der Waals surface area contributed by atoms with Crippen molar-refractivity contribution >= 4 is 5.97 Å². The summed E-state index contributed by atoms with van der Waals surface area (Å²) in [6.07, 6.45) is 0.916. The van der Waals surface area contributed by atoms with Gasteiger partial charge in [-0.25, -0.2) is 0 Å². The van der Waals surface area contributed by atoms with Gasteiger partial charge in [0.05, 0.1) is 6.61 Å². The predicted molar refractivity (Wildman–Crippen MR) is 37.6 cm³/mol. The number of carbonyl (C=O) groups is 1. The van der Waals surface area contributed by atoms with Crippen molar-refractivity contribution in [2.75, 3.05) is 6.61 Å². The Morgan fingerprint density at radius 2 is 2.40 bits per heavy atom. The number of hydrogen-bond acceptors (Lipinski definition) is 3. The maximum atomic E-state index is 10.9. The highest BCUT2D eigenvalue weighted by atomic mass is 16.5. The third kappa shape index (κ3) is 1.48. The van der Waals surface area contributed by atoms with E-state index in [1.807, 2.05) is 6.92 Å². The van der Waals surface area contributed by atoms with E-state index in [2.05, 4.69) is 12.2 Å². The zero-order valence-electron chi connectivity index (χ0n) is 6.39. The van der Waals surface area contributed by atoms with Crippen molar-refractivity contribution in [2.45, 2.75) is 32.4 Å². The van der Waals surface area contributed by atoms with E-state index in [0.717, 1.165) is 6.42 Å². The van der Waals surface area contributed by atoms with E-state index in [4.69, 9.17) is 4.74 Å². The molecule has 0 amide bonds. The number of ether oxygens (including phenoxy) is 1. The van der Waals surface area contributed by atoms with Crippen molar-refractivity contribution in [2.24, 2.45) is 0 Å². The minimum atomic E-state index is -0.111. The molecule has 1 saturated heterocycles. The van der Waals surface area contributed by atoms with Crippen molar-refractivity contribution in [1.82, 2.24) is 5.32 Å². The number of nitrogens with one attached hydrogen (secondary N) is 1. The molecule has 1 aliphatic rings. The molecule has 2 unspecified atom stereocenters. The maximum Gasteiger partial charge on any atom is 0.323 e. The third-order valence-corrected chi connectivity index (χ3v) is 1.65. The van der Waals surface area contributed by atoms with Gasteiger partial charge in [-0.3, -0.25) is 4.79 Å². The van der Waals surface area contributed by atoms with E-state index in [9.17, 15) is 4.79 Å². The normalized spacial score (nSPS) is 31.0. The molecule has 0 aromatic heterocycles. The molecular formula is C7H13NO2. The molecule has 10 heavy (non-hydrogen) atoms. The fraction of sp³-hybridized carbons (Fsp3) is 0.857. The van der Waals surface area contributed by atoms with Crippen LogP contribution in [0, 0.1) is 0 Å². The summed E-state index contributed by atoms with van der Waals surface area (Å²) in [6.45, 7) is 4.35. The van der Waals surface area contributed by atoms with Crippen LogP contribution in [0.2, 0.25) is 0 Å². The van der Waals surface area contributed by atoms with Crippen LogP contribution in [0.25, 0.3) is 0 Å². The summed E-state index contributed by atoms with van der Waals surface area (Å²) >= 11 is 0. The van der Waals surface area contributed by atoms with E-state index >= 15 is 0 Å². The van der Waals surface area contributed by atoms with Gasteiger partial charge in [0, 0.05) is 6.04 Å². The van der Waals surface area contributed by atoms with Crippen LogP contribution in [0.15, 0.2) is 0 Å². The van der Waals surface area contributed by atoms with Crippen LogP contribution in [0.3, 0.4) is 0 Å². The van der Waals surface area contributed by atoms with Gasteiger partial charge in [0.1, 0.15) is 6.04 Å². The highest BCUT2D eigenvalue weighted by Gasteiger charge is 2.31. The van der Waals surface area contributed by atoms with Crippen molar-refractivity contribution in [3.63, 3.8) is 0 Å². The number of rotatable bonds is 2. The minimum Gasteiger partial charge on any atom is -0.465 e. The quantitative estimate of drug-likeness (QED) is 0.565. The summed E-state index contributed by atoms with van der Waals surface area (Å²) in [4.78, 5) is 10.9. The number of esters is 1. The van der Waals surface area contributed by atoms with Gasteiger partial charge in [0.25, 0.3) is 0 Å². The van der Waals surface area contributed by atoms with Crippen molar-refractivity contribution in [3.8, 4) is 0 Å². The van der Waals surface area contributed by atoms with E-state index in [1.54, 1.807) is 0 Å². The summed E-state index contributed by atoms with van der Waals surface area (Å²) in [5.74, 6) is -0.111. The molecule has 0 saturated carbocycles. The van der Waals surface area contributed by atoms with Crippen LogP contribution in [-0.2, 0) is 9.53 Å². The van der Waals surface area contributed by atoms with Crippen LogP contribution < -0.4 is 5.32 Å². The molecule has 0 spiro atoms. The molecule has 1 fully saturated rings. The van der Waals surface area contributed by atoms with Gasteiger partial charge >= 0.3 is 5.97 Å². The maximum absolute atomic E-state index is 10.9. The lowest BCUT2D eigenvalue weighted by Crippen LogP contribution is -2.55. The summed E-state index contributed by atoms with van der Waals surface area (Å²) in [5, 5.41) is 3.05. The molecule has 0 radical (unpaired) electrons. The molecule has 3 heteroatoms. The zero-order chi connectivity index (χ0) is 7.56. The van der Waals surface area contributed by atoms with Crippen molar-refractivity contribution < 1.29 is 9.53 Å². The van der Waals surface area contributed by atoms with E-state index < -0.39 is 0 Å². The standard InChI is InChI=1S/C7H13NO2/c1-3-10-7(9)6-4-5(2)8-6/h5-6,8H,3-4H2,1-2H3. The SMILES string of the molecule is CCOC(=O)C1CC(C)N1. The Hall–Kier alpha value is -0.570. The Morgan fingerprint density at radius 3 is 2.80 bits per heavy atom. The molecule has 3 nitrogen and oxygen atoms in total. The summed E-state index contributed by atoms with van der Waals surface area (Å²) < 4.78 is 4.79. The molecule has 0 aromatic rings. The van der Waals surface area contributed by atoms with E-state index in [1.165, 1.54) is 0 Å². The van der Waals surface area contributed by atoms with E-state index in [-0.39, 0.29) is 12.0 Å². The molecule has 1 heterocycles. The highest BCUT2D eigenvalue weighted by molar-refractivity contribution is 5.76. The lowest BCUT2D eigenvalue weighted by molar-refractivity contribution is -0.148. The first kappa shape index (κ1) is 7.54. The zero-order valence-corrected chi connectivity index (χ0v) is 6.39. The van der Waals surface area contributed by atoms with Gasteiger partial charge in [0.2, 0.25) is 0 Å². The Morgan fingerprint density at radius 1 is 1.80 bits per heavy atom.